The maximum Gasteiger partial charge on any atom is 0.107 e. The first-order chi connectivity index (χ1) is 11.8. The first-order valence-electron chi connectivity index (χ1n) is 7.67. The molecule has 0 saturated heterocycles. The van der Waals surface area contributed by atoms with Crippen LogP contribution in [0.25, 0.3) is 33.1 Å². The second-order valence-electron chi connectivity index (χ2n) is 5.42. The van der Waals surface area contributed by atoms with Crippen LogP contribution in [0.1, 0.15) is 0 Å². The Morgan fingerprint density at radius 3 is 2.50 bits per heavy atom. The zero-order valence-corrected chi connectivity index (χ0v) is 13.8. The molecular weight excluding hydrogens is 312 g/mol. The summed E-state index contributed by atoms with van der Waals surface area (Å²) in [5.74, 6) is 3.27. The lowest BCUT2D eigenvalue weighted by atomic mass is 10.1. The molecule has 0 saturated carbocycles. The quantitative estimate of drug-likeness (QED) is 0.295. The number of hydrogen-bond donors (Lipinski definition) is 0. The fourth-order valence-corrected chi connectivity index (χ4v) is 3.42. The Bertz CT molecular complexity index is 1070. The van der Waals surface area contributed by atoms with E-state index in [4.69, 9.17) is 16.4 Å². The van der Waals surface area contributed by atoms with Crippen molar-refractivity contribution in [2.75, 3.05) is 5.75 Å². The van der Waals surface area contributed by atoms with Crippen LogP contribution in [0.4, 0.5) is 0 Å². The van der Waals surface area contributed by atoms with Gasteiger partial charge in [0.15, 0.2) is 0 Å². The van der Waals surface area contributed by atoms with E-state index in [2.05, 4.69) is 36.3 Å². The maximum absolute atomic E-state index is 5.45. The van der Waals surface area contributed by atoms with Crippen molar-refractivity contribution in [3.05, 3.63) is 66.7 Å². The summed E-state index contributed by atoms with van der Waals surface area (Å²) in [6.07, 6.45) is 5.45. The molecule has 2 aromatic carbocycles. The summed E-state index contributed by atoms with van der Waals surface area (Å²) in [5, 5.41) is 3.10. The first-order valence-corrected chi connectivity index (χ1v) is 8.66. The van der Waals surface area contributed by atoms with Crippen LogP contribution in [-0.4, -0.2) is 15.7 Å². The number of fused-ring (bicyclic) bond motifs is 2. The topological polar surface area (TPSA) is 25.8 Å². The molecule has 114 valence electrons. The van der Waals surface area contributed by atoms with E-state index in [-0.39, 0.29) is 0 Å². The van der Waals surface area contributed by atoms with Gasteiger partial charge in [-0.1, -0.05) is 66.2 Å². The molecule has 4 aromatic rings. The zero-order valence-electron chi connectivity index (χ0n) is 12.9. The van der Waals surface area contributed by atoms with Crippen molar-refractivity contribution in [1.29, 1.82) is 0 Å². The van der Waals surface area contributed by atoms with E-state index in [9.17, 15) is 0 Å². The van der Waals surface area contributed by atoms with Crippen molar-refractivity contribution >= 4 is 33.6 Å². The molecule has 0 aliphatic heterocycles. The monoisotopic (exact) mass is 326 g/mol. The Kier molecular flexibility index (Phi) is 3.90. The second kappa shape index (κ2) is 6.35. The first kappa shape index (κ1) is 14.7. The van der Waals surface area contributed by atoms with Crippen LogP contribution >= 0.6 is 11.8 Å². The standard InChI is InChI=1S/C21H14N2S/c1-2-12-24-21-17-13-16-10-6-7-11-18(16)22-20(17)14-19(23-21)15-8-4-3-5-9-15/h1,3-11,13-14H,12H2. The Morgan fingerprint density at radius 1 is 0.875 bits per heavy atom. The second-order valence-corrected chi connectivity index (χ2v) is 6.38. The smallest absolute Gasteiger partial charge is 0.107 e. The van der Waals surface area contributed by atoms with Gasteiger partial charge in [-0.05, 0) is 18.2 Å². The van der Waals surface area contributed by atoms with Gasteiger partial charge in [-0.25, -0.2) is 9.97 Å². The molecule has 4 rings (SSSR count). The lowest BCUT2D eigenvalue weighted by Gasteiger charge is -2.09. The maximum atomic E-state index is 5.45. The number of rotatable bonds is 3. The number of pyridine rings is 2. The molecule has 0 fully saturated rings. The summed E-state index contributed by atoms with van der Waals surface area (Å²) < 4.78 is 0. The van der Waals surface area contributed by atoms with Crippen molar-refractivity contribution in [2.24, 2.45) is 0 Å². The number of aromatic nitrogens is 2. The Hall–Kier alpha value is -2.83. The van der Waals surface area contributed by atoms with Gasteiger partial charge in [0, 0.05) is 16.3 Å². The molecule has 2 aromatic heterocycles. The summed E-state index contributed by atoms with van der Waals surface area (Å²) >= 11 is 1.58. The highest BCUT2D eigenvalue weighted by Crippen LogP contribution is 2.31. The van der Waals surface area contributed by atoms with Gasteiger partial charge in [-0.2, -0.15) is 0 Å². The molecule has 0 radical (unpaired) electrons. The van der Waals surface area contributed by atoms with Gasteiger partial charge < -0.3 is 0 Å². The van der Waals surface area contributed by atoms with Crippen LogP contribution in [0, 0.1) is 12.3 Å². The minimum Gasteiger partial charge on any atom is -0.248 e. The molecule has 0 unspecified atom stereocenters. The molecule has 24 heavy (non-hydrogen) atoms. The third-order valence-electron chi connectivity index (χ3n) is 3.84. The number of terminal acetylenes is 1. The fourth-order valence-electron chi connectivity index (χ4n) is 2.72. The summed E-state index contributed by atoms with van der Waals surface area (Å²) in [6, 6.07) is 22.5. The van der Waals surface area contributed by atoms with E-state index >= 15 is 0 Å². The summed E-state index contributed by atoms with van der Waals surface area (Å²) in [5.41, 5.74) is 3.94. The third kappa shape index (κ3) is 2.73. The molecule has 0 N–H and O–H groups in total. The van der Waals surface area contributed by atoms with Gasteiger partial charge in [0.25, 0.3) is 0 Å². The van der Waals surface area contributed by atoms with Gasteiger partial charge >= 0.3 is 0 Å². The molecular formula is C21H14N2S. The molecule has 2 heterocycles. The largest absolute Gasteiger partial charge is 0.248 e. The summed E-state index contributed by atoms with van der Waals surface area (Å²) in [4.78, 5) is 9.67. The average Bonchev–Trinajstić information content (AvgIpc) is 2.65. The van der Waals surface area contributed by atoms with E-state index in [1.165, 1.54) is 0 Å². The van der Waals surface area contributed by atoms with Crippen LogP contribution in [-0.2, 0) is 0 Å². The molecule has 0 atom stereocenters. The number of para-hydroxylation sites is 1. The van der Waals surface area contributed by atoms with E-state index in [1.54, 1.807) is 11.8 Å². The lowest BCUT2D eigenvalue weighted by Crippen LogP contribution is -1.92. The average molecular weight is 326 g/mol. The normalized spacial score (nSPS) is 10.8. The zero-order chi connectivity index (χ0) is 16.4. The molecule has 2 nitrogen and oxygen atoms in total. The van der Waals surface area contributed by atoms with E-state index in [0.717, 1.165) is 38.1 Å². The number of benzene rings is 2. The minimum absolute atomic E-state index is 0.590. The highest BCUT2D eigenvalue weighted by Gasteiger charge is 2.10. The van der Waals surface area contributed by atoms with Gasteiger partial charge in [0.05, 0.1) is 22.5 Å². The summed E-state index contributed by atoms with van der Waals surface area (Å²) in [6.45, 7) is 0. The van der Waals surface area contributed by atoms with Crippen molar-refractivity contribution in [2.45, 2.75) is 5.03 Å². The van der Waals surface area contributed by atoms with Crippen molar-refractivity contribution in [3.63, 3.8) is 0 Å². The van der Waals surface area contributed by atoms with Crippen LogP contribution in [0.5, 0.6) is 0 Å². The molecule has 3 heteroatoms. The molecule has 0 bridgehead atoms. The van der Waals surface area contributed by atoms with Crippen LogP contribution in [0.2, 0.25) is 0 Å². The van der Waals surface area contributed by atoms with Gasteiger partial charge in [0.2, 0.25) is 0 Å². The summed E-state index contributed by atoms with van der Waals surface area (Å²) in [7, 11) is 0. The number of hydrogen-bond acceptors (Lipinski definition) is 3. The van der Waals surface area contributed by atoms with Crippen LogP contribution < -0.4 is 0 Å². The van der Waals surface area contributed by atoms with Crippen molar-refractivity contribution in [1.82, 2.24) is 9.97 Å². The number of thioether (sulfide) groups is 1. The molecule has 0 amide bonds. The minimum atomic E-state index is 0.590. The Labute approximate surface area is 145 Å². The molecule has 0 aliphatic carbocycles. The van der Waals surface area contributed by atoms with Gasteiger partial charge in [0.1, 0.15) is 5.03 Å². The van der Waals surface area contributed by atoms with E-state index in [1.807, 2.05) is 36.4 Å². The van der Waals surface area contributed by atoms with Crippen LogP contribution in [0.15, 0.2) is 71.8 Å². The fraction of sp³-hybridized carbons (Fsp3) is 0.0476. The highest BCUT2D eigenvalue weighted by atomic mass is 32.2. The number of nitrogens with zero attached hydrogens (tertiary/aromatic N) is 2. The van der Waals surface area contributed by atoms with Gasteiger partial charge in [-0.3, -0.25) is 0 Å². The predicted octanol–water partition coefficient (Wildman–Crippen LogP) is 5.18. The Balaban J connectivity index is 1.99. The van der Waals surface area contributed by atoms with E-state index in [0.29, 0.717) is 5.75 Å². The lowest BCUT2D eigenvalue weighted by molar-refractivity contribution is 1.18. The predicted molar refractivity (Wildman–Crippen MR) is 102 cm³/mol. The van der Waals surface area contributed by atoms with Gasteiger partial charge in [-0.15, -0.1) is 6.42 Å². The van der Waals surface area contributed by atoms with E-state index < -0.39 is 0 Å². The Morgan fingerprint density at radius 2 is 1.67 bits per heavy atom. The SMILES string of the molecule is C#CCSc1nc(-c2ccccc2)cc2nc3ccccc3cc12. The third-order valence-corrected chi connectivity index (χ3v) is 4.74. The molecule has 0 spiro atoms. The van der Waals surface area contributed by atoms with Crippen molar-refractivity contribution in [3.8, 4) is 23.6 Å². The van der Waals surface area contributed by atoms with Crippen LogP contribution in [0.3, 0.4) is 0 Å². The highest BCUT2D eigenvalue weighted by molar-refractivity contribution is 7.99. The van der Waals surface area contributed by atoms with Crippen molar-refractivity contribution < 1.29 is 0 Å². The molecule has 0 aliphatic rings.